The number of aryl methyl sites for hydroxylation is 3. The maximum absolute atomic E-state index is 12.1. The molecule has 0 spiro atoms. The Morgan fingerprint density at radius 1 is 1.27 bits per heavy atom. The second kappa shape index (κ2) is 7.22. The predicted octanol–water partition coefficient (Wildman–Crippen LogP) is 2.59. The molecule has 1 aromatic heterocycles. The molecule has 0 saturated heterocycles. The van der Waals surface area contributed by atoms with Gasteiger partial charge < -0.3 is 10.2 Å². The minimum absolute atomic E-state index is 0.0111. The summed E-state index contributed by atoms with van der Waals surface area (Å²) in [7, 11) is 4.04. The molecular formula is C17H24N4O. The van der Waals surface area contributed by atoms with E-state index in [0.29, 0.717) is 13.0 Å². The first-order chi connectivity index (χ1) is 10.4. The highest BCUT2D eigenvalue weighted by Crippen LogP contribution is 2.19. The van der Waals surface area contributed by atoms with Crippen LogP contribution in [0.15, 0.2) is 30.6 Å². The standard InChI is InChI=1S/C17H24N4O/c1-13-5-6-16(15(9-13)12-20(3)4)19-17(22)7-8-21-11-14(2)10-18-21/h5-6,9-11H,7-8,12H2,1-4H3,(H,19,22). The van der Waals surface area contributed by atoms with Crippen LogP contribution in [0.5, 0.6) is 0 Å². The van der Waals surface area contributed by atoms with Gasteiger partial charge in [-0.05, 0) is 45.1 Å². The molecule has 0 saturated carbocycles. The Kier molecular flexibility index (Phi) is 5.33. The number of rotatable bonds is 6. The Bertz CT molecular complexity index is 646. The molecule has 22 heavy (non-hydrogen) atoms. The summed E-state index contributed by atoms with van der Waals surface area (Å²) in [6.07, 6.45) is 4.15. The van der Waals surface area contributed by atoms with Gasteiger partial charge in [0.05, 0.1) is 6.20 Å². The number of carbonyl (C=O) groups is 1. The third kappa shape index (κ3) is 4.70. The third-order valence-corrected chi connectivity index (χ3v) is 3.35. The number of hydrogen-bond donors (Lipinski definition) is 1. The Morgan fingerprint density at radius 2 is 2.05 bits per heavy atom. The normalized spacial score (nSPS) is 11.0. The molecule has 0 aliphatic heterocycles. The number of nitrogens with one attached hydrogen (secondary N) is 1. The molecule has 0 atom stereocenters. The van der Waals surface area contributed by atoms with Gasteiger partial charge in [0.2, 0.25) is 5.91 Å². The molecule has 0 aliphatic carbocycles. The highest BCUT2D eigenvalue weighted by molar-refractivity contribution is 5.91. The third-order valence-electron chi connectivity index (χ3n) is 3.35. The van der Waals surface area contributed by atoms with E-state index in [0.717, 1.165) is 23.4 Å². The zero-order valence-electron chi connectivity index (χ0n) is 13.8. The van der Waals surface area contributed by atoms with Crippen molar-refractivity contribution in [2.24, 2.45) is 0 Å². The first kappa shape index (κ1) is 16.2. The van der Waals surface area contributed by atoms with Gasteiger partial charge >= 0.3 is 0 Å². The topological polar surface area (TPSA) is 50.2 Å². The van der Waals surface area contributed by atoms with Crippen LogP contribution in [0, 0.1) is 13.8 Å². The van der Waals surface area contributed by atoms with Gasteiger partial charge in [0.15, 0.2) is 0 Å². The molecule has 1 aromatic carbocycles. The lowest BCUT2D eigenvalue weighted by Crippen LogP contribution is -2.18. The summed E-state index contributed by atoms with van der Waals surface area (Å²) < 4.78 is 1.80. The fourth-order valence-corrected chi connectivity index (χ4v) is 2.33. The lowest BCUT2D eigenvalue weighted by Gasteiger charge is -2.16. The van der Waals surface area contributed by atoms with Crippen molar-refractivity contribution in [2.75, 3.05) is 19.4 Å². The zero-order valence-corrected chi connectivity index (χ0v) is 13.8. The smallest absolute Gasteiger partial charge is 0.226 e. The van der Waals surface area contributed by atoms with Crippen molar-refractivity contribution in [1.82, 2.24) is 14.7 Å². The van der Waals surface area contributed by atoms with Crippen molar-refractivity contribution in [3.8, 4) is 0 Å². The lowest BCUT2D eigenvalue weighted by atomic mass is 10.1. The van der Waals surface area contributed by atoms with Crippen LogP contribution in [0.25, 0.3) is 0 Å². The molecule has 5 heteroatoms. The predicted molar refractivity (Wildman–Crippen MR) is 88.8 cm³/mol. The van der Waals surface area contributed by atoms with Gasteiger partial charge in [-0.15, -0.1) is 0 Å². The quantitative estimate of drug-likeness (QED) is 0.892. The van der Waals surface area contributed by atoms with E-state index >= 15 is 0 Å². The van der Waals surface area contributed by atoms with E-state index in [2.05, 4.69) is 28.3 Å². The van der Waals surface area contributed by atoms with Crippen molar-refractivity contribution in [3.63, 3.8) is 0 Å². The lowest BCUT2D eigenvalue weighted by molar-refractivity contribution is -0.116. The number of anilines is 1. The van der Waals surface area contributed by atoms with Crippen LogP contribution >= 0.6 is 0 Å². The van der Waals surface area contributed by atoms with Crippen molar-refractivity contribution < 1.29 is 4.79 Å². The van der Waals surface area contributed by atoms with Crippen LogP contribution in [-0.4, -0.2) is 34.7 Å². The van der Waals surface area contributed by atoms with Crippen LogP contribution in [0.3, 0.4) is 0 Å². The summed E-state index contributed by atoms with van der Waals surface area (Å²) >= 11 is 0. The molecule has 0 radical (unpaired) electrons. The highest BCUT2D eigenvalue weighted by Gasteiger charge is 2.08. The summed E-state index contributed by atoms with van der Waals surface area (Å²) in [5.74, 6) is 0.0111. The molecular weight excluding hydrogens is 276 g/mol. The molecule has 1 N–H and O–H groups in total. The first-order valence-corrected chi connectivity index (χ1v) is 7.47. The van der Waals surface area contributed by atoms with Crippen molar-refractivity contribution in [1.29, 1.82) is 0 Å². The van der Waals surface area contributed by atoms with E-state index in [1.54, 1.807) is 10.9 Å². The number of benzene rings is 1. The maximum Gasteiger partial charge on any atom is 0.226 e. The van der Waals surface area contributed by atoms with E-state index in [1.807, 2.05) is 39.3 Å². The Hall–Kier alpha value is -2.14. The molecule has 0 unspecified atom stereocenters. The summed E-state index contributed by atoms with van der Waals surface area (Å²) in [5.41, 5.74) is 4.32. The molecule has 0 bridgehead atoms. The van der Waals surface area contributed by atoms with Crippen molar-refractivity contribution in [2.45, 2.75) is 33.4 Å². The minimum atomic E-state index is 0.0111. The second-order valence-corrected chi connectivity index (χ2v) is 5.98. The molecule has 1 amide bonds. The number of hydrogen-bond acceptors (Lipinski definition) is 3. The van der Waals surface area contributed by atoms with Crippen LogP contribution in [0.2, 0.25) is 0 Å². The van der Waals surface area contributed by atoms with Gasteiger partial charge in [-0.25, -0.2) is 0 Å². The number of aromatic nitrogens is 2. The number of nitrogens with zero attached hydrogens (tertiary/aromatic N) is 3. The molecule has 118 valence electrons. The summed E-state index contributed by atoms with van der Waals surface area (Å²) in [6, 6.07) is 6.11. The van der Waals surface area contributed by atoms with Crippen LogP contribution < -0.4 is 5.32 Å². The fourth-order valence-electron chi connectivity index (χ4n) is 2.33. The SMILES string of the molecule is Cc1ccc(NC(=O)CCn2cc(C)cn2)c(CN(C)C)c1. The maximum atomic E-state index is 12.1. The fraction of sp³-hybridized carbons (Fsp3) is 0.412. The van der Waals surface area contributed by atoms with Crippen molar-refractivity contribution >= 4 is 11.6 Å². The van der Waals surface area contributed by atoms with E-state index in [-0.39, 0.29) is 5.91 Å². The number of carbonyl (C=O) groups excluding carboxylic acids is 1. The Morgan fingerprint density at radius 3 is 2.68 bits per heavy atom. The highest BCUT2D eigenvalue weighted by atomic mass is 16.1. The summed E-state index contributed by atoms with van der Waals surface area (Å²) in [5, 5.41) is 7.21. The van der Waals surface area contributed by atoms with E-state index < -0.39 is 0 Å². The largest absolute Gasteiger partial charge is 0.326 e. The van der Waals surface area contributed by atoms with E-state index in [1.165, 1.54) is 5.56 Å². The first-order valence-electron chi connectivity index (χ1n) is 7.47. The van der Waals surface area contributed by atoms with Crippen LogP contribution in [0.4, 0.5) is 5.69 Å². The van der Waals surface area contributed by atoms with E-state index in [4.69, 9.17) is 0 Å². The monoisotopic (exact) mass is 300 g/mol. The summed E-state index contributed by atoms with van der Waals surface area (Å²) in [6.45, 7) is 5.44. The zero-order chi connectivity index (χ0) is 16.1. The number of amides is 1. The summed E-state index contributed by atoms with van der Waals surface area (Å²) in [4.78, 5) is 14.2. The van der Waals surface area contributed by atoms with Crippen LogP contribution in [0.1, 0.15) is 23.1 Å². The van der Waals surface area contributed by atoms with Gasteiger partial charge in [0.25, 0.3) is 0 Å². The van der Waals surface area contributed by atoms with Gasteiger partial charge in [0.1, 0.15) is 0 Å². The average Bonchev–Trinajstić information content (AvgIpc) is 2.85. The Labute approximate surface area is 131 Å². The molecule has 2 aromatic rings. The average molecular weight is 300 g/mol. The minimum Gasteiger partial charge on any atom is -0.326 e. The van der Waals surface area contributed by atoms with Gasteiger partial charge in [-0.1, -0.05) is 17.7 Å². The molecule has 5 nitrogen and oxygen atoms in total. The Balaban J connectivity index is 1.98. The van der Waals surface area contributed by atoms with E-state index in [9.17, 15) is 4.79 Å². The molecule has 2 rings (SSSR count). The van der Waals surface area contributed by atoms with Gasteiger partial charge in [0, 0.05) is 31.4 Å². The molecule has 1 heterocycles. The van der Waals surface area contributed by atoms with Crippen molar-refractivity contribution in [3.05, 3.63) is 47.3 Å². The van der Waals surface area contributed by atoms with Gasteiger partial charge in [-0.3, -0.25) is 9.48 Å². The van der Waals surface area contributed by atoms with Gasteiger partial charge in [-0.2, -0.15) is 5.10 Å². The second-order valence-electron chi connectivity index (χ2n) is 5.98. The molecule has 0 aliphatic rings. The van der Waals surface area contributed by atoms with Crippen LogP contribution in [-0.2, 0) is 17.9 Å². The molecule has 0 fully saturated rings.